The Morgan fingerprint density at radius 3 is 2.52 bits per heavy atom. The second-order valence-corrected chi connectivity index (χ2v) is 6.06. The maximum absolute atomic E-state index is 13.7. The van der Waals surface area contributed by atoms with Gasteiger partial charge in [0.1, 0.15) is 5.82 Å². The molecule has 2 aromatic rings. The number of methoxy groups -OCH3 is 2. The van der Waals surface area contributed by atoms with Crippen LogP contribution >= 0.6 is 31.9 Å². The van der Waals surface area contributed by atoms with Crippen LogP contribution in [0.1, 0.15) is 5.56 Å². The zero-order chi connectivity index (χ0) is 15.4. The molecule has 0 atom stereocenters. The number of halogens is 3. The molecule has 0 saturated carbocycles. The summed E-state index contributed by atoms with van der Waals surface area (Å²) in [6.45, 7) is 0.465. The van der Waals surface area contributed by atoms with Crippen LogP contribution < -0.4 is 14.8 Å². The first-order valence-corrected chi connectivity index (χ1v) is 7.73. The van der Waals surface area contributed by atoms with Crippen LogP contribution in [0.15, 0.2) is 39.3 Å². The van der Waals surface area contributed by atoms with Gasteiger partial charge in [-0.15, -0.1) is 0 Å². The molecular formula is C15H14Br2FNO2. The highest BCUT2D eigenvalue weighted by atomic mass is 79.9. The average Bonchev–Trinajstić information content (AvgIpc) is 2.47. The number of ether oxygens (including phenoxy) is 2. The van der Waals surface area contributed by atoms with E-state index in [0.29, 0.717) is 23.7 Å². The van der Waals surface area contributed by atoms with Gasteiger partial charge >= 0.3 is 0 Å². The fourth-order valence-corrected chi connectivity index (χ4v) is 2.92. The van der Waals surface area contributed by atoms with Gasteiger partial charge in [0.25, 0.3) is 0 Å². The Hall–Kier alpha value is -1.27. The second kappa shape index (κ2) is 7.13. The molecule has 6 heteroatoms. The van der Waals surface area contributed by atoms with E-state index in [0.717, 1.165) is 14.5 Å². The Morgan fingerprint density at radius 2 is 1.86 bits per heavy atom. The van der Waals surface area contributed by atoms with Crippen molar-refractivity contribution in [3.05, 3.63) is 50.7 Å². The highest BCUT2D eigenvalue weighted by Gasteiger charge is 2.11. The zero-order valence-electron chi connectivity index (χ0n) is 11.5. The van der Waals surface area contributed by atoms with Gasteiger partial charge in [-0.05, 0) is 51.8 Å². The van der Waals surface area contributed by atoms with Crippen molar-refractivity contribution in [1.82, 2.24) is 0 Å². The molecule has 0 aromatic heterocycles. The molecule has 0 unspecified atom stereocenters. The monoisotopic (exact) mass is 417 g/mol. The number of rotatable bonds is 5. The van der Waals surface area contributed by atoms with Crippen LogP contribution in [-0.2, 0) is 6.54 Å². The Morgan fingerprint density at radius 1 is 1.10 bits per heavy atom. The molecule has 0 aliphatic rings. The Kier molecular flexibility index (Phi) is 5.47. The normalized spacial score (nSPS) is 10.3. The maximum atomic E-state index is 13.7. The smallest absolute Gasteiger partial charge is 0.174 e. The van der Waals surface area contributed by atoms with Gasteiger partial charge in [0.05, 0.1) is 24.4 Å². The van der Waals surface area contributed by atoms with Crippen molar-refractivity contribution in [2.45, 2.75) is 6.54 Å². The van der Waals surface area contributed by atoms with Gasteiger partial charge in [-0.2, -0.15) is 0 Å². The minimum atomic E-state index is -0.294. The lowest BCUT2D eigenvalue weighted by Gasteiger charge is -2.13. The van der Waals surface area contributed by atoms with Crippen LogP contribution in [0, 0.1) is 5.82 Å². The molecule has 1 N–H and O–H groups in total. The maximum Gasteiger partial charge on any atom is 0.174 e. The van der Waals surface area contributed by atoms with Gasteiger partial charge in [0.2, 0.25) is 0 Å². The van der Waals surface area contributed by atoms with Gasteiger partial charge in [0.15, 0.2) is 11.5 Å². The third-order valence-corrected chi connectivity index (χ3v) is 3.99. The van der Waals surface area contributed by atoms with E-state index in [1.807, 2.05) is 12.1 Å². The number of hydrogen-bond acceptors (Lipinski definition) is 3. The van der Waals surface area contributed by atoms with E-state index in [9.17, 15) is 4.39 Å². The van der Waals surface area contributed by atoms with E-state index in [2.05, 4.69) is 37.2 Å². The summed E-state index contributed by atoms with van der Waals surface area (Å²) in [7, 11) is 3.16. The number of hydrogen-bond donors (Lipinski definition) is 1. The summed E-state index contributed by atoms with van der Waals surface area (Å²) in [4.78, 5) is 0. The number of nitrogens with one attached hydrogen (secondary N) is 1. The minimum absolute atomic E-state index is 0.294. The number of benzene rings is 2. The summed E-state index contributed by atoms with van der Waals surface area (Å²) in [5.41, 5.74) is 1.38. The van der Waals surface area contributed by atoms with Gasteiger partial charge in [0, 0.05) is 11.0 Å². The summed E-state index contributed by atoms with van der Waals surface area (Å²) < 4.78 is 25.8. The highest BCUT2D eigenvalue weighted by molar-refractivity contribution is 9.10. The third kappa shape index (κ3) is 3.89. The van der Waals surface area contributed by atoms with E-state index >= 15 is 0 Å². The molecule has 2 rings (SSSR count). The molecule has 0 spiro atoms. The molecule has 2 aromatic carbocycles. The Bertz CT molecular complexity index is 650. The van der Waals surface area contributed by atoms with Crippen LogP contribution in [0.4, 0.5) is 10.1 Å². The fraction of sp³-hybridized carbons (Fsp3) is 0.200. The van der Waals surface area contributed by atoms with E-state index in [4.69, 9.17) is 9.47 Å². The van der Waals surface area contributed by atoms with Crippen molar-refractivity contribution in [1.29, 1.82) is 0 Å². The van der Waals surface area contributed by atoms with Crippen LogP contribution in [0.3, 0.4) is 0 Å². The molecule has 3 nitrogen and oxygen atoms in total. The average molecular weight is 419 g/mol. The largest absolute Gasteiger partial charge is 0.493 e. The molecule has 0 amide bonds. The summed E-state index contributed by atoms with van der Waals surface area (Å²) in [6, 6.07) is 8.53. The van der Waals surface area contributed by atoms with Crippen molar-refractivity contribution in [2.24, 2.45) is 0 Å². The van der Waals surface area contributed by atoms with Crippen molar-refractivity contribution in [3.63, 3.8) is 0 Å². The summed E-state index contributed by atoms with van der Waals surface area (Å²) >= 11 is 6.76. The van der Waals surface area contributed by atoms with E-state index in [1.54, 1.807) is 26.4 Å². The van der Waals surface area contributed by atoms with Crippen molar-refractivity contribution >= 4 is 37.5 Å². The summed E-state index contributed by atoms with van der Waals surface area (Å²) in [5, 5.41) is 3.06. The lowest BCUT2D eigenvalue weighted by Crippen LogP contribution is -2.02. The molecule has 112 valence electrons. The summed E-state index contributed by atoms with van der Waals surface area (Å²) in [6.07, 6.45) is 0. The molecule has 0 heterocycles. The molecule has 0 bridgehead atoms. The van der Waals surface area contributed by atoms with Crippen LogP contribution in [0.2, 0.25) is 0 Å². The third-order valence-electron chi connectivity index (χ3n) is 2.90. The Balaban J connectivity index is 2.20. The van der Waals surface area contributed by atoms with Crippen LogP contribution in [0.25, 0.3) is 0 Å². The van der Waals surface area contributed by atoms with Crippen molar-refractivity contribution in [2.75, 3.05) is 19.5 Å². The van der Waals surface area contributed by atoms with Gasteiger partial charge < -0.3 is 14.8 Å². The van der Waals surface area contributed by atoms with E-state index in [-0.39, 0.29) is 5.82 Å². The standard InChI is InChI=1S/C15H14Br2FNO2/c1-20-14-6-9(5-11(17)15(14)21-2)8-19-13-7-10(16)3-4-12(13)18/h3-7,19H,8H2,1-2H3. The predicted molar refractivity (Wildman–Crippen MR) is 88.7 cm³/mol. The van der Waals surface area contributed by atoms with Crippen molar-refractivity contribution in [3.8, 4) is 11.5 Å². The van der Waals surface area contributed by atoms with E-state index in [1.165, 1.54) is 6.07 Å². The van der Waals surface area contributed by atoms with E-state index < -0.39 is 0 Å². The molecule has 0 saturated heterocycles. The quantitative estimate of drug-likeness (QED) is 0.742. The Labute approximate surface area is 139 Å². The first kappa shape index (κ1) is 16.1. The predicted octanol–water partition coefficient (Wildman–Crippen LogP) is 4.98. The molecular weight excluding hydrogens is 405 g/mol. The topological polar surface area (TPSA) is 30.5 Å². The SMILES string of the molecule is COc1cc(CNc2cc(Br)ccc2F)cc(Br)c1OC. The molecule has 0 radical (unpaired) electrons. The van der Waals surface area contributed by atoms with Crippen LogP contribution in [-0.4, -0.2) is 14.2 Å². The first-order chi connectivity index (χ1) is 10.0. The van der Waals surface area contributed by atoms with Gasteiger partial charge in [-0.3, -0.25) is 0 Å². The lowest BCUT2D eigenvalue weighted by molar-refractivity contribution is 0.352. The van der Waals surface area contributed by atoms with Gasteiger partial charge in [-0.1, -0.05) is 15.9 Å². The zero-order valence-corrected chi connectivity index (χ0v) is 14.7. The minimum Gasteiger partial charge on any atom is -0.493 e. The fourth-order valence-electron chi connectivity index (χ4n) is 1.90. The first-order valence-electron chi connectivity index (χ1n) is 6.14. The number of anilines is 1. The molecule has 0 aliphatic heterocycles. The highest BCUT2D eigenvalue weighted by Crippen LogP contribution is 2.36. The second-order valence-electron chi connectivity index (χ2n) is 4.29. The summed E-state index contributed by atoms with van der Waals surface area (Å²) in [5.74, 6) is 0.964. The van der Waals surface area contributed by atoms with Gasteiger partial charge in [-0.25, -0.2) is 4.39 Å². The van der Waals surface area contributed by atoms with Crippen LogP contribution in [0.5, 0.6) is 11.5 Å². The molecule has 0 aliphatic carbocycles. The van der Waals surface area contributed by atoms with Crippen molar-refractivity contribution < 1.29 is 13.9 Å². The lowest BCUT2D eigenvalue weighted by atomic mass is 10.2. The molecule has 0 fully saturated rings. The molecule has 21 heavy (non-hydrogen) atoms.